The Morgan fingerprint density at radius 3 is 2.79 bits per heavy atom. The van der Waals surface area contributed by atoms with E-state index in [0.717, 1.165) is 0 Å². The number of nitrogens with two attached hydrogens (primary N) is 1. The van der Waals surface area contributed by atoms with E-state index in [1.165, 1.54) is 6.07 Å². The van der Waals surface area contributed by atoms with Gasteiger partial charge in [0.15, 0.2) is 0 Å². The van der Waals surface area contributed by atoms with Crippen LogP contribution in [0.4, 0.5) is 4.39 Å². The van der Waals surface area contributed by atoms with Gasteiger partial charge in [0.25, 0.3) is 6.02 Å². The van der Waals surface area contributed by atoms with Gasteiger partial charge in [-0.1, -0.05) is 18.2 Å². The van der Waals surface area contributed by atoms with Crippen LogP contribution in [0.2, 0.25) is 0 Å². The Bertz CT molecular complexity index is 534. The number of fused-ring (bicyclic) bond motifs is 1. The van der Waals surface area contributed by atoms with E-state index < -0.39 is 5.54 Å². The van der Waals surface area contributed by atoms with Gasteiger partial charge >= 0.3 is 0 Å². The highest BCUT2D eigenvalue weighted by Crippen LogP contribution is 2.47. The molecule has 1 fully saturated rings. The molecule has 4 atom stereocenters. The molecule has 4 nitrogen and oxygen atoms in total. The molecule has 0 radical (unpaired) electrons. The molecule has 5 heteroatoms. The minimum absolute atomic E-state index is 0.0447. The third-order valence-corrected chi connectivity index (χ3v) is 4.09. The van der Waals surface area contributed by atoms with Gasteiger partial charge in [0.1, 0.15) is 17.5 Å². The fourth-order valence-electron chi connectivity index (χ4n) is 3.34. The summed E-state index contributed by atoms with van der Waals surface area (Å²) in [4.78, 5) is 4.41. The Balaban J connectivity index is 2.19. The standard InChI is InChI=1S/C14H17FN2O2/c1-8-12-9(2)19-13(16)17-14(12,7-18-8)10-5-3-4-6-11(10)15/h3-6,8-9,12H,7H2,1-2H3,(H2,16,17)/t8-,9-,12+,14-/m1/s1. The minimum Gasteiger partial charge on any atom is -0.462 e. The van der Waals surface area contributed by atoms with E-state index in [1.54, 1.807) is 18.2 Å². The predicted molar refractivity (Wildman–Crippen MR) is 69.2 cm³/mol. The molecule has 0 spiro atoms. The lowest BCUT2D eigenvalue weighted by Gasteiger charge is -2.39. The SMILES string of the molecule is C[C@H]1OC[C@]2(c3ccccc3F)N=C(N)O[C@H](C)[C@H]12. The molecule has 2 heterocycles. The highest BCUT2D eigenvalue weighted by Gasteiger charge is 2.56. The van der Waals surface area contributed by atoms with Crippen molar-refractivity contribution in [2.75, 3.05) is 6.61 Å². The second kappa shape index (κ2) is 4.20. The number of hydrogen-bond acceptors (Lipinski definition) is 4. The first-order valence-corrected chi connectivity index (χ1v) is 6.43. The molecule has 1 aromatic carbocycles. The molecule has 1 aromatic rings. The number of nitrogens with zero attached hydrogens (tertiary/aromatic N) is 1. The third-order valence-electron chi connectivity index (χ3n) is 4.09. The average Bonchev–Trinajstić information content (AvgIpc) is 2.68. The smallest absolute Gasteiger partial charge is 0.283 e. The van der Waals surface area contributed by atoms with Crippen LogP contribution < -0.4 is 5.73 Å². The summed E-state index contributed by atoms with van der Waals surface area (Å²) in [6.45, 7) is 4.21. The number of halogens is 1. The largest absolute Gasteiger partial charge is 0.462 e. The Hall–Kier alpha value is -1.62. The van der Waals surface area contributed by atoms with Crippen molar-refractivity contribution in [3.05, 3.63) is 35.6 Å². The molecule has 0 bridgehead atoms. The van der Waals surface area contributed by atoms with E-state index in [0.29, 0.717) is 12.2 Å². The van der Waals surface area contributed by atoms with Crippen LogP contribution in [0.15, 0.2) is 29.3 Å². The maximum atomic E-state index is 14.2. The zero-order chi connectivity index (χ0) is 13.6. The third kappa shape index (κ3) is 1.72. The predicted octanol–water partition coefficient (Wildman–Crippen LogP) is 1.79. The Morgan fingerprint density at radius 2 is 2.05 bits per heavy atom. The van der Waals surface area contributed by atoms with Crippen LogP contribution in [0.3, 0.4) is 0 Å². The molecule has 1 saturated heterocycles. The van der Waals surface area contributed by atoms with E-state index in [9.17, 15) is 4.39 Å². The first-order valence-electron chi connectivity index (χ1n) is 6.43. The number of amidine groups is 1. The molecule has 102 valence electrons. The molecule has 0 aromatic heterocycles. The molecule has 0 aliphatic carbocycles. The number of aliphatic imine (C=N–C) groups is 1. The van der Waals surface area contributed by atoms with Crippen LogP contribution in [0, 0.1) is 11.7 Å². The molecular weight excluding hydrogens is 247 g/mol. The summed E-state index contributed by atoms with van der Waals surface area (Å²) in [5.41, 5.74) is 5.51. The van der Waals surface area contributed by atoms with Gasteiger partial charge in [0, 0.05) is 5.56 Å². The summed E-state index contributed by atoms with van der Waals surface area (Å²) < 4.78 is 25.4. The summed E-state index contributed by atoms with van der Waals surface area (Å²) >= 11 is 0. The maximum Gasteiger partial charge on any atom is 0.283 e. The molecule has 0 unspecified atom stereocenters. The monoisotopic (exact) mass is 264 g/mol. The Labute approximate surface area is 111 Å². The second-order valence-electron chi connectivity index (χ2n) is 5.22. The summed E-state index contributed by atoms with van der Waals surface area (Å²) in [7, 11) is 0. The number of rotatable bonds is 1. The lowest BCUT2D eigenvalue weighted by Crippen LogP contribution is -2.49. The van der Waals surface area contributed by atoms with Crippen LogP contribution in [0.1, 0.15) is 19.4 Å². The Kier molecular flexibility index (Phi) is 2.74. The maximum absolute atomic E-state index is 14.2. The second-order valence-corrected chi connectivity index (χ2v) is 5.22. The highest BCUT2D eigenvalue weighted by molar-refractivity contribution is 5.73. The van der Waals surface area contributed by atoms with Crippen LogP contribution in [-0.2, 0) is 15.0 Å². The van der Waals surface area contributed by atoms with Crippen LogP contribution >= 0.6 is 0 Å². The van der Waals surface area contributed by atoms with Gasteiger partial charge in [0.05, 0.1) is 18.6 Å². The van der Waals surface area contributed by atoms with E-state index in [2.05, 4.69) is 4.99 Å². The van der Waals surface area contributed by atoms with Gasteiger partial charge in [-0.15, -0.1) is 0 Å². The van der Waals surface area contributed by atoms with Crippen LogP contribution in [0.25, 0.3) is 0 Å². The van der Waals surface area contributed by atoms with Crippen LogP contribution in [0.5, 0.6) is 0 Å². The Morgan fingerprint density at radius 1 is 1.32 bits per heavy atom. The van der Waals surface area contributed by atoms with Crippen molar-refractivity contribution in [2.24, 2.45) is 16.6 Å². The fourth-order valence-corrected chi connectivity index (χ4v) is 3.34. The molecule has 19 heavy (non-hydrogen) atoms. The zero-order valence-corrected chi connectivity index (χ0v) is 11.0. The molecular formula is C14H17FN2O2. The number of hydrogen-bond donors (Lipinski definition) is 1. The van der Waals surface area contributed by atoms with Crippen molar-refractivity contribution in [1.29, 1.82) is 0 Å². The number of ether oxygens (including phenoxy) is 2. The van der Waals surface area contributed by atoms with E-state index in [4.69, 9.17) is 15.2 Å². The van der Waals surface area contributed by atoms with Crippen molar-refractivity contribution in [1.82, 2.24) is 0 Å². The van der Waals surface area contributed by atoms with Gasteiger partial charge < -0.3 is 15.2 Å². The normalized spacial score (nSPS) is 37.4. The topological polar surface area (TPSA) is 56.8 Å². The molecule has 2 aliphatic heterocycles. The van der Waals surface area contributed by atoms with Gasteiger partial charge in [-0.25, -0.2) is 9.38 Å². The van der Waals surface area contributed by atoms with E-state index in [1.807, 2.05) is 13.8 Å². The van der Waals surface area contributed by atoms with E-state index in [-0.39, 0.29) is 30.0 Å². The summed E-state index contributed by atoms with van der Waals surface area (Å²) in [5, 5.41) is 0. The van der Waals surface area contributed by atoms with Crippen molar-refractivity contribution in [3.8, 4) is 0 Å². The van der Waals surface area contributed by atoms with Gasteiger partial charge in [0.2, 0.25) is 0 Å². The molecule has 0 saturated carbocycles. The van der Waals surface area contributed by atoms with Crippen LogP contribution in [-0.4, -0.2) is 24.8 Å². The lowest BCUT2D eigenvalue weighted by atomic mass is 9.75. The summed E-state index contributed by atoms with van der Waals surface area (Å²) in [5.74, 6) is -0.326. The molecule has 2 N–H and O–H groups in total. The fraction of sp³-hybridized carbons (Fsp3) is 0.500. The van der Waals surface area contributed by atoms with Gasteiger partial charge in [-0.05, 0) is 19.9 Å². The summed E-state index contributed by atoms with van der Waals surface area (Å²) in [6.07, 6.45) is -0.207. The van der Waals surface area contributed by atoms with Crippen molar-refractivity contribution in [3.63, 3.8) is 0 Å². The first-order chi connectivity index (χ1) is 9.04. The number of benzene rings is 1. The van der Waals surface area contributed by atoms with Gasteiger partial charge in [-0.2, -0.15) is 0 Å². The first kappa shape index (κ1) is 12.4. The summed E-state index contributed by atoms with van der Waals surface area (Å²) in [6, 6.07) is 6.76. The quantitative estimate of drug-likeness (QED) is 0.841. The van der Waals surface area contributed by atoms with Crippen molar-refractivity contribution >= 4 is 6.02 Å². The van der Waals surface area contributed by atoms with Crippen molar-refractivity contribution < 1.29 is 13.9 Å². The van der Waals surface area contributed by atoms with Crippen molar-refractivity contribution in [2.45, 2.75) is 31.6 Å². The van der Waals surface area contributed by atoms with E-state index >= 15 is 0 Å². The molecule has 2 aliphatic rings. The highest BCUT2D eigenvalue weighted by atomic mass is 19.1. The van der Waals surface area contributed by atoms with Gasteiger partial charge in [-0.3, -0.25) is 0 Å². The molecule has 0 amide bonds. The average molecular weight is 264 g/mol. The lowest BCUT2D eigenvalue weighted by molar-refractivity contribution is 0.0417. The minimum atomic E-state index is -0.771. The molecule has 3 rings (SSSR count). The zero-order valence-electron chi connectivity index (χ0n) is 11.0.